The largest absolute Gasteiger partial charge is 0.481 e. The molecule has 104 valence electrons. The van der Waals surface area contributed by atoms with Crippen molar-refractivity contribution in [3.63, 3.8) is 0 Å². The minimum Gasteiger partial charge on any atom is -0.481 e. The van der Waals surface area contributed by atoms with Crippen molar-refractivity contribution >= 4 is 11.6 Å². The van der Waals surface area contributed by atoms with Gasteiger partial charge in [0, 0.05) is 11.3 Å². The number of benzene rings is 2. The van der Waals surface area contributed by atoms with Crippen molar-refractivity contribution in [1.29, 1.82) is 0 Å². The Morgan fingerprint density at radius 3 is 2.71 bits per heavy atom. The van der Waals surface area contributed by atoms with Crippen molar-refractivity contribution in [1.82, 2.24) is 5.32 Å². The molecule has 1 heterocycles. The number of rotatable bonds is 3. The van der Waals surface area contributed by atoms with Crippen LogP contribution in [0.25, 0.3) is 0 Å². The van der Waals surface area contributed by atoms with E-state index in [4.69, 9.17) is 11.2 Å². The molecule has 0 spiro atoms. The van der Waals surface area contributed by atoms with Gasteiger partial charge in [0.05, 0.1) is 5.56 Å². The van der Waals surface area contributed by atoms with Crippen LogP contribution >= 0.6 is 0 Å². The zero-order chi connectivity index (χ0) is 14.7. The number of ether oxygens (including phenoxy) is 1. The first kappa shape index (κ1) is 13.1. The van der Waals surface area contributed by atoms with Gasteiger partial charge in [0.1, 0.15) is 18.5 Å². The van der Waals surface area contributed by atoms with Crippen LogP contribution in [0.5, 0.6) is 5.75 Å². The Morgan fingerprint density at radius 1 is 1.10 bits per heavy atom. The average Bonchev–Trinajstić information content (AvgIpc) is 2.53. The molecule has 1 aliphatic rings. The number of carbonyl (C=O) groups excluding carboxylic acids is 1. The molecule has 1 atom stereocenters. The number of amides is 1. The summed E-state index contributed by atoms with van der Waals surface area (Å²) in [4.78, 5) is 12.2. The van der Waals surface area contributed by atoms with E-state index in [1.54, 1.807) is 6.07 Å². The van der Waals surface area contributed by atoms with Gasteiger partial charge in [-0.15, -0.1) is 6.42 Å². The van der Waals surface area contributed by atoms with E-state index in [0.29, 0.717) is 11.3 Å². The monoisotopic (exact) mass is 278 g/mol. The van der Waals surface area contributed by atoms with Gasteiger partial charge in [-0.1, -0.05) is 36.3 Å². The topological polar surface area (TPSA) is 50.4 Å². The number of anilines is 1. The molecular weight excluding hydrogens is 264 g/mol. The lowest BCUT2D eigenvalue weighted by Gasteiger charge is -2.29. The second kappa shape index (κ2) is 5.59. The number of terminal acetylenes is 1. The van der Waals surface area contributed by atoms with E-state index in [9.17, 15) is 4.79 Å². The van der Waals surface area contributed by atoms with Crippen molar-refractivity contribution in [2.45, 2.75) is 6.17 Å². The number of nitrogens with one attached hydrogen (secondary N) is 2. The number of fused-ring (bicyclic) bond motifs is 1. The lowest BCUT2D eigenvalue weighted by Crippen LogP contribution is -2.38. The second-order valence-electron chi connectivity index (χ2n) is 4.63. The van der Waals surface area contributed by atoms with E-state index >= 15 is 0 Å². The summed E-state index contributed by atoms with van der Waals surface area (Å²) in [6.07, 6.45) is 4.88. The molecule has 0 aromatic heterocycles. The summed E-state index contributed by atoms with van der Waals surface area (Å²) in [6, 6.07) is 14.9. The fraction of sp³-hybridized carbons (Fsp3) is 0.118. The minimum atomic E-state index is -0.346. The van der Waals surface area contributed by atoms with Gasteiger partial charge in [-0.3, -0.25) is 4.79 Å². The molecule has 0 aliphatic carbocycles. The summed E-state index contributed by atoms with van der Waals surface area (Å²) < 4.78 is 5.54. The molecule has 0 saturated carbocycles. The highest BCUT2D eigenvalue weighted by Crippen LogP contribution is 2.30. The number of para-hydroxylation sites is 2. The summed E-state index contributed by atoms with van der Waals surface area (Å²) in [5.41, 5.74) is 2.28. The van der Waals surface area contributed by atoms with Gasteiger partial charge in [0.15, 0.2) is 0 Å². The quantitative estimate of drug-likeness (QED) is 0.848. The first-order valence-corrected chi connectivity index (χ1v) is 6.61. The van der Waals surface area contributed by atoms with Crippen LogP contribution in [0.3, 0.4) is 0 Å². The maximum atomic E-state index is 12.2. The molecule has 2 aromatic rings. The molecule has 4 nitrogen and oxygen atoms in total. The molecule has 2 N–H and O–H groups in total. The molecule has 4 heteroatoms. The Bertz CT molecular complexity index is 719. The van der Waals surface area contributed by atoms with E-state index in [0.717, 1.165) is 11.3 Å². The lowest BCUT2D eigenvalue weighted by molar-refractivity contribution is 0.0935. The van der Waals surface area contributed by atoms with Gasteiger partial charge in [-0.25, -0.2) is 0 Å². The van der Waals surface area contributed by atoms with Gasteiger partial charge < -0.3 is 15.4 Å². The molecule has 3 rings (SSSR count). The average molecular weight is 278 g/mol. The Labute approximate surface area is 123 Å². The molecule has 21 heavy (non-hydrogen) atoms. The van der Waals surface area contributed by atoms with Crippen LogP contribution < -0.4 is 15.4 Å². The Hall–Kier alpha value is -2.93. The van der Waals surface area contributed by atoms with Crippen LogP contribution in [0.4, 0.5) is 5.69 Å². The van der Waals surface area contributed by atoms with E-state index in [-0.39, 0.29) is 18.7 Å². The van der Waals surface area contributed by atoms with Crippen LogP contribution in [-0.2, 0) is 0 Å². The van der Waals surface area contributed by atoms with Crippen LogP contribution in [-0.4, -0.2) is 12.5 Å². The standard InChI is InChI=1S/C17H14N2O2/c1-2-11-21-15-10-6-4-8-13(15)16-18-14-9-5-3-7-12(14)17(20)19-16/h1,3-10,16,18H,11H2,(H,19,20)/t16-/m1/s1. The third kappa shape index (κ3) is 2.54. The molecular formula is C17H14N2O2. The normalized spacial score (nSPS) is 16.1. The highest BCUT2D eigenvalue weighted by molar-refractivity contribution is 6.01. The Kier molecular flexibility index (Phi) is 3.48. The van der Waals surface area contributed by atoms with Crippen molar-refractivity contribution in [3.05, 3.63) is 59.7 Å². The third-order valence-electron chi connectivity index (χ3n) is 3.29. The fourth-order valence-electron chi connectivity index (χ4n) is 2.33. The highest BCUT2D eigenvalue weighted by Gasteiger charge is 2.25. The molecule has 0 unspecified atom stereocenters. The maximum Gasteiger partial charge on any atom is 0.255 e. The molecule has 0 radical (unpaired) electrons. The molecule has 2 aromatic carbocycles. The van der Waals surface area contributed by atoms with E-state index in [2.05, 4.69) is 16.6 Å². The zero-order valence-electron chi connectivity index (χ0n) is 11.3. The van der Waals surface area contributed by atoms with E-state index in [1.807, 2.05) is 42.5 Å². The van der Waals surface area contributed by atoms with Gasteiger partial charge in [-0.2, -0.15) is 0 Å². The minimum absolute atomic E-state index is 0.110. The van der Waals surface area contributed by atoms with Crippen molar-refractivity contribution in [3.8, 4) is 18.1 Å². The maximum absolute atomic E-state index is 12.2. The Balaban J connectivity index is 1.93. The summed E-state index contributed by atoms with van der Waals surface area (Å²) in [7, 11) is 0. The van der Waals surface area contributed by atoms with Crippen molar-refractivity contribution in [2.75, 3.05) is 11.9 Å². The molecule has 1 amide bonds. The lowest BCUT2D eigenvalue weighted by atomic mass is 10.1. The van der Waals surface area contributed by atoms with Crippen LogP contribution in [0.15, 0.2) is 48.5 Å². The zero-order valence-corrected chi connectivity index (χ0v) is 11.3. The van der Waals surface area contributed by atoms with Gasteiger partial charge in [0.25, 0.3) is 5.91 Å². The highest BCUT2D eigenvalue weighted by atomic mass is 16.5. The number of hydrogen-bond donors (Lipinski definition) is 2. The van der Waals surface area contributed by atoms with Gasteiger partial charge in [0.2, 0.25) is 0 Å². The SMILES string of the molecule is C#CCOc1ccccc1[C@H]1NC(=O)c2ccccc2N1. The first-order valence-electron chi connectivity index (χ1n) is 6.61. The number of carbonyl (C=O) groups is 1. The summed E-state index contributed by atoms with van der Waals surface area (Å²) in [5, 5.41) is 6.22. The predicted molar refractivity (Wildman–Crippen MR) is 81.0 cm³/mol. The predicted octanol–water partition coefficient (Wildman–Crippen LogP) is 2.55. The summed E-state index contributed by atoms with van der Waals surface area (Å²) in [6.45, 7) is 0.189. The third-order valence-corrected chi connectivity index (χ3v) is 3.29. The Morgan fingerprint density at radius 2 is 1.86 bits per heavy atom. The summed E-state index contributed by atoms with van der Waals surface area (Å²) in [5.74, 6) is 2.99. The van der Waals surface area contributed by atoms with Gasteiger partial charge in [-0.05, 0) is 18.2 Å². The van der Waals surface area contributed by atoms with Crippen LogP contribution in [0.2, 0.25) is 0 Å². The van der Waals surface area contributed by atoms with E-state index in [1.165, 1.54) is 0 Å². The fourth-order valence-corrected chi connectivity index (χ4v) is 2.33. The molecule has 1 aliphatic heterocycles. The molecule has 0 bridgehead atoms. The van der Waals surface area contributed by atoms with Crippen molar-refractivity contribution in [2.24, 2.45) is 0 Å². The van der Waals surface area contributed by atoms with Gasteiger partial charge >= 0.3 is 0 Å². The van der Waals surface area contributed by atoms with Crippen molar-refractivity contribution < 1.29 is 9.53 Å². The van der Waals surface area contributed by atoms with Crippen LogP contribution in [0.1, 0.15) is 22.1 Å². The molecule has 0 saturated heterocycles. The first-order chi connectivity index (χ1) is 10.3. The van der Waals surface area contributed by atoms with Crippen LogP contribution in [0, 0.1) is 12.3 Å². The number of hydrogen-bond acceptors (Lipinski definition) is 3. The summed E-state index contributed by atoms with van der Waals surface area (Å²) >= 11 is 0. The smallest absolute Gasteiger partial charge is 0.255 e. The van der Waals surface area contributed by atoms with E-state index < -0.39 is 0 Å². The molecule has 0 fully saturated rings. The second-order valence-corrected chi connectivity index (χ2v) is 4.63.